The summed E-state index contributed by atoms with van der Waals surface area (Å²) in [7, 11) is -3.76. The Balaban J connectivity index is 1.37. The smallest absolute Gasteiger partial charge is 0.247 e. The lowest BCUT2D eigenvalue weighted by molar-refractivity contribution is -0.136. The number of nitrogens with zero attached hydrogens (tertiary/aromatic N) is 3. The van der Waals surface area contributed by atoms with Gasteiger partial charge in [-0.15, -0.1) is 0 Å². The molecule has 178 valence electrons. The Bertz CT molecular complexity index is 1120. The highest BCUT2D eigenvalue weighted by molar-refractivity contribution is 7.91. The minimum atomic E-state index is -3.76. The van der Waals surface area contributed by atoms with Gasteiger partial charge in [-0.25, -0.2) is 31.6 Å². The highest BCUT2D eigenvalue weighted by atomic mass is 32.2. The van der Waals surface area contributed by atoms with Gasteiger partial charge >= 0.3 is 0 Å². The molecule has 2 fully saturated rings. The van der Waals surface area contributed by atoms with Crippen molar-refractivity contribution in [1.82, 2.24) is 14.9 Å². The summed E-state index contributed by atoms with van der Waals surface area (Å²) in [5.74, 6) is -3.81. The fourth-order valence-electron chi connectivity index (χ4n) is 5.00. The van der Waals surface area contributed by atoms with Gasteiger partial charge in [0.15, 0.2) is 11.6 Å². The summed E-state index contributed by atoms with van der Waals surface area (Å²) in [5, 5.41) is -0.296. The second-order valence-corrected chi connectivity index (χ2v) is 10.7. The van der Waals surface area contributed by atoms with Gasteiger partial charge in [0.25, 0.3) is 0 Å². The van der Waals surface area contributed by atoms with Crippen molar-refractivity contribution in [2.75, 3.05) is 5.75 Å². The molecule has 11 heteroatoms. The monoisotopic (exact) mass is 482 g/mol. The van der Waals surface area contributed by atoms with Gasteiger partial charge in [0.05, 0.1) is 5.75 Å². The van der Waals surface area contributed by atoms with E-state index in [1.165, 1.54) is 18.5 Å². The number of amides is 1. The molecular formula is C22H25F3N4O3S. The number of nitrogens with two attached hydrogens (primary N) is 1. The highest BCUT2D eigenvalue weighted by Crippen LogP contribution is 2.40. The molecule has 0 aliphatic carbocycles. The van der Waals surface area contributed by atoms with Crippen LogP contribution in [0, 0.1) is 23.4 Å². The third-order valence-electron chi connectivity index (χ3n) is 6.61. The van der Waals surface area contributed by atoms with E-state index >= 15 is 0 Å². The van der Waals surface area contributed by atoms with E-state index in [1.54, 1.807) is 4.90 Å². The Morgan fingerprint density at radius 3 is 2.30 bits per heavy atom. The van der Waals surface area contributed by atoms with Gasteiger partial charge in [-0.1, -0.05) is 0 Å². The standard InChI is InChI=1S/C22H25F3N4O3S/c23-17-12-19(25)18(24)10-13(17)11-20(26)14-8-15-2-3-16(9-14)29(15)21(30)4-7-33(31,32)22-27-5-1-6-28-22/h1,5-6,10,12,14-16,20H,2-4,7-9,11,26H2/t14-,15+,16-,20-/m1/s1. The molecule has 1 amide bonds. The average molecular weight is 483 g/mol. The molecule has 4 rings (SSSR count). The van der Waals surface area contributed by atoms with Gasteiger partial charge in [0.1, 0.15) is 5.82 Å². The minimum Gasteiger partial charge on any atom is -0.337 e. The minimum absolute atomic E-state index is 0.0134. The number of hydrogen-bond acceptors (Lipinski definition) is 6. The first-order valence-corrected chi connectivity index (χ1v) is 12.5. The molecule has 1 aromatic carbocycles. The van der Waals surface area contributed by atoms with E-state index in [4.69, 9.17) is 5.73 Å². The normalized spacial score (nSPS) is 23.5. The predicted octanol–water partition coefficient (Wildman–Crippen LogP) is 2.40. The number of carbonyl (C=O) groups excluding carboxylic acids is 1. The molecular weight excluding hydrogens is 457 g/mol. The van der Waals surface area contributed by atoms with Crippen molar-refractivity contribution in [2.24, 2.45) is 11.7 Å². The van der Waals surface area contributed by atoms with Crippen LogP contribution in [0.25, 0.3) is 0 Å². The summed E-state index contributed by atoms with van der Waals surface area (Å²) >= 11 is 0. The van der Waals surface area contributed by atoms with Crippen LogP contribution in [0.4, 0.5) is 13.2 Å². The van der Waals surface area contributed by atoms with Crippen LogP contribution < -0.4 is 5.73 Å². The van der Waals surface area contributed by atoms with Crippen molar-refractivity contribution < 1.29 is 26.4 Å². The van der Waals surface area contributed by atoms with E-state index in [9.17, 15) is 26.4 Å². The molecule has 0 radical (unpaired) electrons. The van der Waals surface area contributed by atoms with Crippen LogP contribution in [0.5, 0.6) is 0 Å². The third kappa shape index (κ3) is 5.03. The predicted molar refractivity (Wildman–Crippen MR) is 113 cm³/mol. The zero-order chi connectivity index (χ0) is 23.8. The van der Waals surface area contributed by atoms with Gasteiger partial charge in [-0.05, 0) is 55.7 Å². The Labute approximate surface area is 190 Å². The second kappa shape index (κ2) is 9.38. The number of fused-ring (bicyclic) bond motifs is 2. The van der Waals surface area contributed by atoms with E-state index in [2.05, 4.69) is 9.97 Å². The van der Waals surface area contributed by atoms with Crippen molar-refractivity contribution in [3.05, 3.63) is 53.6 Å². The van der Waals surface area contributed by atoms with Crippen LogP contribution in [0.3, 0.4) is 0 Å². The maximum absolute atomic E-state index is 14.0. The maximum atomic E-state index is 14.0. The lowest BCUT2D eigenvalue weighted by atomic mass is 9.82. The third-order valence-corrected chi connectivity index (χ3v) is 8.12. The van der Waals surface area contributed by atoms with Crippen LogP contribution in [-0.2, 0) is 21.1 Å². The molecule has 33 heavy (non-hydrogen) atoms. The molecule has 2 N–H and O–H groups in total. The number of piperidine rings is 1. The quantitative estimate of drug-likeness (QED) is 0.480. The zero-order valence-corrected chi connectivity index (χ0v) is 18.6. The Kier molecular flexibility index (Phi) is 6.71. The Morgan fingerprint density at radius 1 is 1.06 bits per heavy atom. The number of sulfone groups is 1. The molecule has 0 spiro atoms. The van der Waals surface area contributed by atoms with Gasteiger partial charge in [0, 0.05) is 43.0 Å². The van der Waals surface area contributed by atoms with Crippen LogP contribution in [0.2, 0.25) is 0 Å². The first-order chi connectivity index (χ1) is 15.7. The topological polar surface area (TPSA) is 106 Å². The van der Waals surface area contributed by atoms with Crippen molar-refractivity contribution in [1.29, 1.82) is 0 Å². The number of benzene rings is 1. The molecule has 2 bridgehead atoms. The summed E-state index contributed by atoms with van der Waals surface area (Å²) in [6, 6.07) is 2.26. The van der Waals surface area contributed by atoms with Gasteiger partial charge in [0.2, 0.25) is 20.9 Å². The number of hydrogen-bond donors (Lipinski definition) is 1. The molecule has 2 aliphatic heterocycles. The van der Waals surface area contributed by atoms with Gasteiger partial charge in [-0.3, -0.25) is 4.79 Å². The summed E-state index contributed by atoms with van der Waals surface area (Å²) in [5.41, 5.74) is 6.34. The van der Waals surface area contributed by atoms with E-state index < -0.39 is 33.3 Å². The van der Waals surface area contributed by atoms with E-state index in [0.29, 0.717) is 18.9 Å². The summed E-state index contributed by atoms with van der Waals surface area (Å²) < 4.78 is 65.5. The lowest BCUT2D eigenvalue weighted by Crippen LogP contribution is -2.50. The Hall–Kier alpha value is -2.53. The van der Waals surface area contributed by atoms with Crippen LogP contribution >= 0.6 is 0 Å². The molecule has 2 aliphatic rings. The molecule has 3 heterocycles. The first-order valence-electron chi connectivity index (χ1n) is 10.9. The molecule has 0 unspecified atom stereocenters. The van der Waals surface area contributed by atoms with Crippen molar-refractivity contribution in [3.63, 3.8) is 0 Å². The lowest BCUT2D eigenvalue weighted by Gasteiger charge is -2.41. The molecule has 2 saturated heterocycles. The van der Waals surface area contributed by atoms with Gasteiger partial charge in [-0.2, -0.15) is 0 Å². The molecule has 7 nitrogen and oxygen atoms in total. The van der Waals surface area contributed by atoms with Crippen molar-refractivity contribution in [2.45, 2.75) is 61.8 Å². The number of halogens is 3. The van der Waals surface area contributed by atoms with Crippen LogP contribution in [0.15, 0.2) is 35.7 Å². The number of rotatable bonds is 7. The first kappa shape index (κ1) is 23.6. The average Bonchev–Trinajstić information content (AvgIpc) is 3.05. The summed E-state index contributed by atoms with van der Waals surface area (Å²) in [6.07, 6.45) is 5.35. The molecule has 4 atom stereocenters. The van der Waals surface area contributed by atoms with Crippen molar-refractivity contribution in [3.8, 4) is 0 Å². The molecule has 2 aromatic rings. The van der Waals surface area contributed by atoms with E-state index in [1.807, 2.05) is 0 Å². The number of carbonyl (C=O) groups is 1. The van der Waals surface area contributed by atoms with Crippen LogP contribution in [-0.4, -0.2) is 53.1 Å². The SMILES string of the molecule is N[C@H](Cc1cc(F)c(F)cc1F)[C@H]1C[C@H]2CC[C@@H](C1)N2C(=O)CCS(=O)(=O)c1ncccn1. The maximum Gasteiger partial charge on any atom is 0.247 e. The van der Waals surface area contributed by atoms with Gasteiger partial charge < -0.3 is 10.6 Å². The fraction of sp³-hybridized carbons (Fsp3) is 0.500. The fourth-order valence-corrected chi connectivity index (χ4v) is 6.07. The molecule has 1 aromatic heterocycles. The summed E-state index contributed by atoms with van der Waals surface area (Å²) in [4.78, 5) is 22.2. The molecule has 0 saturated carbocycles. The largest absolute Gasteiger partial charge is 0.337 e. The number of aromatic nitrogens is 2. The van der Waals surface area contributed by atoms with Crippen molar-refractivity contribution >= 4 is 15.7 Å². The zero-order valence-electron chi connectivity index (χ0n) is 17.8. The Morgan fingerprint density at radius 2 is 1.67 bits per heavy atom. The highest BCUT2D eigenvalue weighted by Gasteiger charge is 2.44. The second-order valence-electron chi connectivity index (χ2n) is 8.74. The van der Waals surface area contributed by atoms with E-state index in [0.717, 1.165) is 18.9 Å². The van der Waals surface area contributed by atoms with E-state index in [-0.39, 0.29) is 53.2 Å². The summed E-state index contributed by atoms with van der Waals surface area (Å²) in [6.45, 7) is 0. The van der Waals surface area contributed by atoms with Crippen LogP contribution in [0.1, 0.15) is 37.7 Å².